The fourth-order valence-electron chi connectivity index (χ4n) is 1.99. The van der Waals surface area contributed by atoms with E-state index in [1.165, 1.54) is 7.11 Å². The fourth-order valence-corrected chi connectivity index (χ4v) is 1.99. The highest BCUT2D eigenvalue weighted by Gasteiger charge is 2.10. The second-order valence-corrected chi connectivity index (χ2v) is 4.25. The van der Waals surface area contributed by atoms with Gasteiger partial charge in [-0.05, 0) is 22.3 Å². The number of hydrogen-bond acceptors (Lipinski definition) is 2. The van der Waals surface area contributed by atoms with Crippen molar-refractivity contribution >= 4 is 11.5 Å². The molecule has 0 heterocycles. The minimum absolute atomic E-state index is 0.242. The molecular weight excluding hydrogens is 236 g/mol. The molecule has 2 heteroatoms. The van der Waals surface area contributed by atoms with Gasteiger partial charge in [0.2, 0.25) is 0 Å². The molecule has 0 spiro atoms. The Kier molecular flexibility index (Phi) is 4.14. The number of benzene rings is 2. The molecule has 96 valence electrons. The summed E-state index contributed by atoms with van der Waals surface area (Å²) in [5, 5.41) is 0. The first-order valence-electron chi connectivity index (χ1n) is 6.12. The number of esters is 1. The van der Waals surface area contributed by atoms with Gasteiger partial charge in [0.15, 0.2) is 0 Å². The van der Waals surface area contributed by atoms with Crippen LogP contribution in [0.3, 0.4) is 0 Å². The first kappa shape index (κ1) is 13.1. The Morgan fingerprint density at radius 3 is 2.37 bits per heavy atom. The first-order chi connectivity index (χ1) is 9.22. The lowest BCUT2D eigenvalue weighted by molar-refractivity contribution is -0.139. The summed E-state index contributed by atoms with van der Waals surface area (Å²) in [5.74, 6) is -0.242. The summed E-state index contributed by atoms with van der Waals surface area (Å²) in [6.07, 6.45) is 0.262. The van der Waals surface area contributed by atoms with Crippen molar-refractivity contribution in [3.63, 3.8) is 0 Å². The van der Waals surface area contributed by atoms with E-state index in [9.17, 15) is 4.79 Å². The number of rotatable bonds is 4. The van der Waals surface area contributed by atoms with Crippen molar-refractivity contribution in [3.05, 3.63) is 77.9 Å². The number of carbonyl (C=O) groups excluding carboxylic acids is 1. The van der Waals surface area contributed by atoms with Crippen LogP contribution in [0.1, 0.15) is 16.7 Å². The van der Waals surface area contributed by atoms with E-state index in [2.05, 4.69) is 6.58 Å². The molecular formula is C17H16O2. The summed E-state index contributed by atoms with van der Waals surface area (Å²) in [5.41, 5.74) is 3.89. The maximum Gasteiger partial charge on any atom is 0.309 e. The third-order valence-electron chi connectivity index (χ3n) is 3.03. The molecule has 0 unspecified atom stereocenters. The van der Waals surface area contributed by atoms with E-state index < -0.39 is 0 Å². The molecule has 0 amide bonds. The SMILES string of the molecule is C=C(c1ccccc1)c1ccccc1CC(=O)OC. The number of hydrogen-bond donors (Lipinski definition) is 0. The maximum absolute atomic E-state index is 11.4. The van der Waals surface area contributed by atoms with Crippen molar-refractivity contribution in [2.45, 2.75) is 6.42 Å². The van der Waals surface area contributed by atoms with Crippen molar-refractivity contribution < 1.29 is 9.53 Å². The molecule has 0 saturated carbocycles. The summed E-state index contributed by atoms with van der Waals surface area (Å²) in [6, 6.07) is 17.7. The van der Waals surface area contributed by atoms with Crippen LogP contribution < -0.4 is 0 Å². The van der Waals surface area contributed by atoms with Gasteiger partial charge in [-0.1, -0.05) is 61.2 Å². The standard InChI is InChI=1S/C17H16O2/c1-13(14-8-4-3-5-9-14)16-11-7-6-10-15(16)12-17(18)19-2/h3-11H,1,12H2,2H3. The average Bonchev–Trinajstić information content (AvgIpc) is 2.48. The molecule has 0 aliphatic rings. The second-order valence-electron chi connectivity index (χ2n) is 4.25. The molecule has 0 aliphatic carbocycles. The third kappa shape index (κ3) is 3.10. The summed E-state index contributed by atoms with van der Waals surface area (Å²) >= 11 is 0. The first-order valence-corrected chi connectivity index (χ1v) is 6.12. The topological polar surface area (TPSA) is 26.3 Å². The zero-order valence-electron chi connectivity index (χ0n) is 10.9. The highest BCUT2D eigenvalue weighted by Crippen LogP contribution is 2.24. The van der Waals surface area contributed by atoms with Crippen molar-refractivity contribution in [3.8, 4) is 0 Å². The van der Waals surface area contributed by atoms with Crippen LogP contribution in [0.25, 0.3) is 5.57 Å². The molecule has 0 saturated heterocycles. The molecule has 0 N–H and O–H groups in total. The van der Waals surface area contributed by atoms with Gasteiger partial charge >= 0.3 is 5.97 Å². The van der Waals surface area contributed by atoms with Crippen LogP contribution in [0.5, 0.6) is 0 Å². The van der Waals surface area contributed by atoms with Gasteiger partial charge < -0.3 is 4.74 Å². The summed E-state index contributed by atoms with van der Waals surface area (Å²) in [6.45, 7) is 4.14. The molecule has 2 nitrogen and oxygen atoms in total. The zero-order valence-corrected chi connectivity index (χ0v) is 10.9. The Hall–Kier alpha value is -2.35. The molecule has 0 aliphatic heterocycles. The number of ether oxygens (including phenoxy) is 1. The van der Waals surface area contributed by atoms with Crippen molar-refractivity contribution in [1.29, 1.82) is 0 Å². The fraction of sp³-hybridized carbons (Fsp3) is 0.118. The largest absolute Gasteiger partial charge is 0.469 e. The smallest absolute Gasteiger partial charge is 0.309 e. The molecule has 0 aromatic heterocycles. The van der Waals surface area contributed by atoms with Crippen LogP contribution >= 0.6 is 0 Å². The van der Waals surface area contributed by atoms with Gasteiger partial charge in [-0.2, -0.15) is 0 Å². The third-order valence-corrected chi connectivity index (χ3v) is 3.03. The van der Waals surface area contributed by atoms with Gasteiger partial charge in [-0.25, -0.2) is 0 Å². The quantitative estimate of drug-likeness (QED) is 0.779. The Morgan fingerprint density at radius 2 is 1.68 bits per heavy atom. The number of carbonyl (C=O) groups is 1. The lowest BCUT2D eigenvalue weighted by Crippen LogP contribution is -2.06. The Morgan fingerprint density at radius 1 is 1.05 bits per heavy atom. The lowest BCUT2D eigenvalue weighted by atomic mass is 9.94. The van der Waals surface area contributed by atoms with Gasteiger partial charge in [0.25, 0.3) is 0 Å². The minimum atomic E-state index is -0.242. The van der Waals surface area contributed by atoms with E-state index in [0.717, 1.165) is 22.3 Å². The summed E-state index contributed by atoms with van der Waals surface area (Å²) < 4.78 is 4.73. The Labute approximate surface area is 113 Å². The van der Waals surface area contributed by atoms with Gasteiger partial charge in [-0.15, -0.1) is 0 Å². The highest BCUT2D eigenvalue weighted by atomic mass is 16.5. The van der Waals surface area contributed by atoms with E-state index in [1.807, 2.05) is 54.6 Å². The van der Waals surface area contributed by atoms with Crippen LogP contribution in [0.2, 0.25) is 0 Å². The summed E-state index contributed by atoms with van der Waals surface area (Å²) in [4.78, 5) is 11.4. The van der Waals surface area contributed by atoms with Crippen LogP contribution in [-0.4, -0.2) is 13.1 Å². The monoisotopic (exact) mass is 252 g/mol. The van der Waals surface area contributed by atoms with Gasteiger partial charge in [-0.3, -0.25) is 4.79 Å². The van der Waals surface area contributed by atoms with Gasteiger partial charge in [0.1, 0.15) is 0 Å². The van der Waals surface area contributed by atoms with Crippen molar-refractivity contribution in [2.24, 2.45) is 0 Å². The molecule has 0 radical (unpaired) electrons. The molecule has 19 heavy (non-hydrogen) atoms. The Bertz CT molecular complexity index is 585. The summed E-state index contributed by atoms with van der Waals surface area (Å²) in [7, 11) is 1.40. The molecule has 0 fully saturated rings. The maximum atomic E-state index is 11.4. The predicted molar refractivity (Wildman–Crippen MR) is 76.7 cm³/mol. The van der Waals surface area contributed by atoms with Crippen LogP contribution in [0, 0.1) is 0 Å². The second kappa shape index (κ2) is 6.01. The van der Waals surface area contributed by atoms with Crippen LogP contribution in [0.15, 0.2) is 61.2 Å². The molecule has 2 aromatic rings. The van der Waals surface area contributed by atoms with Crippen LogP contribution in [-0.2, 0) is 16.0 Å². The van der Waals surface area contributed by atoms with E-state index >= 15 is 0 Å². The molecule has 0 atom stereocenters. The van der Waals surface area contributed by atoms with E-state index in [1.54, 1.807) is 0 Å². The lowest BCUT2D eigenvalue weighted by Gasteiger charge is -2.11. The van der Waals surface area contributed by atoms with Crippen molar-refractivity contribution in [1.82, 2.24) is 0 Å². The molecule has 0 bridgehead atoms. The molecule has 2 aromatic carbocycles. The van der Waals surface area contributed by atoms with Gasteiger partial charge in [0, 0.05) is 0 Å². The molecule has 2 rings (SSSR count). The average molecular weight is 252 g/mol. The van der Waals surface area contributed by atoms with E-state index in [4.69, 9.17) is 4.74 Å². The Balaban J connectivity index is 2.35. The minimum Gasteiger partial charge on any atom is -0.469 e. The predicted octanol–water partition coefficient (Wildman–Crippen LogP) is 3.46. The zero-order chi connectivity index (χ0) is 13.7. The highest BCUT2D eigenvalue weighted by molar-refractivity contribution is 5.82. The van der Waals surface area contributed by atoms with Crippen LogP contribution in [0.4, 0.5) is 0 Å². The van der Waals surface area contributed by atoms with E-state index in [0.29, 0.717) is 0 Å². The van der Waals surface area contributed by atoms with Crippen molar-refractivity contribution in [2.75, 3.05) is 7.11 Å². The number of methoxy groups -OCH3 is 1. The normalized spacial score (nSPS) is 9.95. The van der Waals surface area contributed by atoms with Gasteiger partial charge in [0.05, 0.1) is 13.5 Å². The van der Waals surface area contributed by atoms with E-state index in [-0.39, 0.29) is 12.4 Å².